The Kier molecular flexibility index (Phi) is 4.66. The maximum atomic E-state index is 13.5. The van der Waals surface area contributed by atoms with Crippen LogP contribution in [-0.2, 0) is 6.42 Å². The van der Waals surface area contributed by atoms with Crippen LogP contribution in [0.1, 0.15) is 45.9 Å². The average molecular weight is 491 g/mol. The standard InChI is InChI=1S/C30H22N2O3S/c33-25-16-22(14-19-6-3-5-17-4-1-2-7-23(17)19)26(18-8-9-18)29-32(25)27(30(34)35)28(36-29)21-10-11-24-20(15-21)12-13-31-24/h1-7,10-13,15-16,18,31H,8-9,14H2,(H,34,35). The lowest BCUT2D eigenvalue weighted by Crippen LogP contribution is -2.19. The van der Waals surface area contributed by atoms with E-state index in [0.29, 0.717) is 17.2 Å². The van der Waals surface area contributed by atoms with E-state index in [1.807, 2.05) is 42.6 Å². The van der Waals surface area contributed by atoms with Gasteiger partial charge in [-0.15, -0.1) is 11.3 Å². The molecule has 3 aromatic heterocycles. The molecule has 0 atom stereocenters. The fraction of sp³-hybridized carbons (Fsp3) is 0.133. The molecule has 5 nitrogen and oxygen atoms in total. The van der Waals surface area contributed by atoms with Gasteiger partial charge < -0.3 is 10.1 Å². The van der Waals surface area contributed by atoms with E-state index >= 15 is 0 Å². The molecule has 0 unspecified atom stereocenters. The Labute approximate surface area is 210 Å². The molecule has 6 heteroatoms. The Balaban J connectivity index is 1.47. The summed E-state index contributed by atoms with van der Waals surface area (Å²) < 4.78 is 1.43. The van der Waals surface area contributed by atoms with E-state index in [-0.39, 0.29) is 11.3 Å². The van der Waals surface area contributed by atoms with E-state index in [1.54, 1.807) is 6.07 Å². The molecule has 7 rings (SSSR count). The lowest BCUT2D eigenvalue weighted by Gasteiger charge is -2.13. The number of H-pyrrole nitrogens is 1. The molecule has 3 aromatic carbocycles. The van der Waals surface area contributed by atoms with E-state index in [9.17, 15) is 14.7 Å². The predicted molar refractivity (Wildman–Crippen MR) is 145 cm³/mol. The van der Waals surface area contributed by atoms with Crippen molar-refractivity contribution in [3.8, 4) is 10.4 Å². The predicted octanol–water partition coefficient (Wildman–Crippen LogP) is 6.83. The lowest BCUT2D eigenvalue weighted by molar-refractivity contribution is 0.0690. The van der Waals surface area contributed by atoms with Crippen LogP contribution in [0.25, 0.3) is 36.9 Å². The van der Waals surface area contributed by atoms with Crippen LogP contribution in [0.2, 0.25) is 0 Å². The van der Waals surface area contributed by atoms with Crippen LogP contribution >= 0.6 is 11.3 Å². The number of hydrogen-bond acceptors (Lipinski definition) is 3. The zero-order valence-corrected chi connectivity index (χ0v) is 20.1. The average Bonchev–Trinajstić information content (AvgIpc) is 3.45. The summed E-state index contributed by atoms with van der Waals surface area (Å²) in [4.78, 5) is 30.5. The Bertz CT molecular complexity index is 1880. The van der Waals surface area contributed by atoms with Crippen LogP contribution in [0.3, 0.4) is 0 Å². The first-order valence-corrected chi connectivity index (χ1v) is 12.9. The molecule has 1 saturated carbocycles. The molecule has 1 fully saturated rings. The summed E-state index contributed by atoms with van der Waals surface area (Å²) in [5.41, 5.74) is 4.87. The van der Waals surface area contributed by atoms with Gasteiger partial charge in [0.05, 0.1) is 4.88 Å². The van der Waals surface area contributed by atoms with Crippen LogP contribution in [0.5, 0.6) is 0 Å². The third-order valence-electron chi connectivity index (χ3n) is 7.20. The summed E-state index contributed by atoms with van der Waals surface area (Å²) in [5.74, 6) is -0.734. The Morgan fingerprint density at radius 3 is 2.64 bits per heavy atom. The number of carboxylic acids is 1. The van der Waals surface area contributed by atoms with Crippen molar-refractivity contribution in [2.75, 3.05) is 0 Å². The minimum atomic E-state index is -1.09. The zero-order chi connectivity index (χ0) is 24.4. The monoisotopic (exact) mass is 490 g/mol. The molecular formula is C30H22N2O3S. The van der Waals surface area contributed by atoms with Gasteiger partial charge in [-0.3, -0.25) is 9.20 Å². The van der Waals surface area contributed by atoms with Crippen molar-refractivity contribution >= 4 is 43.8 Å². The van der Waals surface area contributed by atoms with E-state index in [4.69, 9.17) is 0 Å². The number of rotatable bonds is 5. The molecule has 2 N–H and O–H groups in total. The molecule has 0 spiro atoms. The van der Waals surface area contributed by atoms with Gasteiger partial charge in [0.15, 0.2) is 5.69 Å². The van der Waals surface area contributed by atoms with Crippen molar-refractivity contribution in [1.82, 2.24) is 9.38 Å². The van der Waals surface area contributed by atoms with Gasteiger partial charge in [0.25, 0.3) is 5.56 Å². The van der Waals surface area contributed by atoms with Gasteiger partial charge in [-0.25, -0.2) is 4.79 Å². The molecule has 1 aliphatic carbocycles. The number of fused-ring (bicyclic) bond motifs is 3. The Morgan fingerprint density at radius 1 is 0.972 bits per heavy atom. The van der Waals surface area contributed by atoms with Crippen LogP contribution in [0.4, 0.5) is 0 Å². The van der Waals surface area contributed by atoms with Crippen molar-refractivity contribution in [2.45, 2.75) is 25.2 Å². The number of carboxylic acid groups (broad SMARTS) is 1. The smallest absolute Gasteiger partial charge is 0.354 e. The number of aromatic nitrogens is 2. The number of pyridine rings is 1. The second-order valence-electron chi connectivity index (χ2n) is 9.52. The Morgan fingerprint density at radius 2 is 1.81 bits per heavy atom. The van der Waals surface area contributed by atoms with E-state index in [2.05, 4.69) is 35.3 Å². The fourth-order valence-corrected chi connectivity index (χ4v) is 6.79. The summed E-state index contributed by atoms with van der Waals surface area (Å²) in [7, 11) is 0. The van der Waals surface area contributed by atoms with Crippen molar-refractivity contribution in [1.29, 1.82) is 0 Å². The number of benzene rings is 3. The lowest BCUT2D eigenvalue weighted by atomic mass is 9.95. The summed E-state index contributed by atoms with van der Waals surface area (Å²) in [6, 6.07) is 24.1. The highest BCUT2D eigenvalue weighted by Gasteiger charge is 2.32. The highest BCUT2D eigenvalue weighted by Crippen LogP contribution is 2.47. The summed E-state index contributed by atoms with van der Waals surface area (Å²) in [5, 5.41) is 13.6. The van der Waals surface area contributed by atoms with Gasteiger partial charge in [0.2, 0.25) is 0 Å². The molecular weight excluding hydrogens is 468 g/mol. The second kappa shape index (κ2) is 7.93. The third kappa shape index (κ3) is 3.29. The molecule has 0 aliphatic heterocycles. The summed E-state index contributed by atoms with van der Waals surface area (Å²) in [6.07, 6.45) is 4.62. The molecule has 3 heterocycles. The number of nitrogens with one attached hydrogen (secondary N) is 1. The number of aromatic amines is 1. The van der Waals surface area contributed by atoms with Crippen LogP contribution in [0.15, 0.2) is 83.8 Å². The first-order chi connectivity index (χ1) is 17.6. The molecule has 36 heavy (non-hydrogen) atoms. The second-order valence-corrected chi connectivity index (χ2v) is 10.5. The van der Waals surface area contributed by atoms with Crippen LogP contribution < -0.4 is 5.56 Å². The highest BCUT2D eigenvalue weighted by molar-refractivity contribution is 7.21. The summed E-state index contributed by atoms with van der Waals surface area (Å²) >= 11 is 1.43. The normalized spacial score (nSPS) is 13.7. The fourth-order valence-electron chi connectivity index (χ4n) is 5.40. The minimum Gasteiger partial charge on any atom is -0.477 e. The van der Waals surface area contributed by atoms with Crippen LogP contribution in [0, 0.1) is 0 Å². The molecule has 0 amide bonds. The number of nitrogens with zero attached hydrogens (tertiary/aromatic N) is 1. The van der Waals surface area contributed by atoms with Gasteiger partial charge in [-0.1, -0.05) is 48.5 Å². The van der Waals surface area contributed by atoms with Crippen molar-refractivity contribution in [2.24, 2.45) is 0 Å². The quantitative estimate of drug-likeness (QED) is 0.278. The van der Waals surface area contributed by atoms with Gasteiger partial charge in [-0.2, -0.15) is 0 Å². The molecule has 0 radical (unpaired) electrons. The molecule has 1 aliphatic rings. The van der Waals surface area contributed by atoms with E-state index in [0.717, 1.165) is 45.3 Å². The van der Waals surface area contributed by atoms with E-state index < -0.39 is 5.97 Å². The SMILES string of the molecule is O=C(O)c1c(-c2ccc3[nH]ccc3c2)sc2c(C3CC3)c(Cc3cccc4ccccc34)cc(=O)n12. The van der Waals surface area contributed by atoms with Gasteiger partial charge >= 0.3 is 5.97 Å². The molecule has 0 saturated heterocycles. The third-order valence-corrected chi connectivity index (χ3v) is 8.43. The van der Waals surface area contributed by atoms with Crippen molar-refractivity contribution in [3.63, 3.8) is 0 Å². The zero-order valence-electron chi connectivity index (χ0n) is 19.3. The van der Waals surface area contributed by atoms with Crippen LogP contribution in [-0.4, -0.2) is 20.5 Å². The summed E-state index contributed by atoms with van der Waals surface area (Å²) in [6.45, 7) is 0. The molecule has 176 valence electrons. The molecule has 6 aromatic rings. The van der Waals surface area contributed by atoms with E-state index in [1.165, 1.54) is 32.1 Å². The van der Waals surface area contributed by atoms with Crippen molar-refractivity contribution < 1.29 is 9.90 Å². The number of carbonyl (C=O) groups is 1. The van der Waals surface area contributed by atoms with Gasteiger partial charge in [0, 0.05) is 17.8 Å². The maximum Gasteiger partial charge on any atom is 0.354 e. The minimum absolute atomic E-state index is 0.0495. The number of hydrogen-bond donors (Lipinski definition) is 2. The largest absolute Gasteiger partial charge is 0.477 e. The topological polar surface area (TPSA) is 74.6 Å². The first-order valence-electron chi connectivity index (χ1n) is 12.1. The first kappa shape index (κ1) is 21.1. The Hall–Kier alpha value is -4.16. The van der Waals surface area contributed by atoms with Crippen molar-refractivity contribution in [3.05, 3.63) is 112 Å². The highest BCUT2D eigenvalue weighted by atomic mass is 32.1. The van der Waals surface area contributed by atoms with Gasteiger partial charge in [-0.05, 0) is 81.8 Å². The maximum absolute atomic E-state index is 13.5. The van der Waals surface area contributed by atoms with Gasteiger partial charge in [0.1, 0.15) is 4.83 Å². The number of aromatic carboxylic acids is 1. The number of thiazole rings is 1. The molecule has 0 bridgehead atoms.